The minimum atomic E-state index is -1.12. The summed E-state index contributed by atoms with van der Waals surface area (Å²) < 4.78 is 21.7. The van der Waals surface area contributed by atoms with Gasteiger partial charge < -0.3 is 56.6 Å². The van der Waals surface area contributed by atoms with Gasteiger partial charge in [0.2, 0.25) is 17.7 Å². The van der Waals surface area contributed by atoms with E-state index in [-0.39, 0.29) is 77.2 Å². The number of aliphatic hydroxyl groups excluding tert-OH is 1. The maximum atomic E-state index is 12.1. The molecule has 74 heavy (non-hydrogen) atoms. The van der Waals surface area contributed by atoms with Crippen LogP contribution in [0.2, 0.25) is 0 Å². The number of ether oxygens (including phenoxy) is 4. The molecule has 1 aliphatic rings. The first-order chi connectivity index (χ1) is 35.6. The maximum Gasteiger partial charge on any atom is 0.305 e. The molecule has 4 unspecified atom stereocenters. The van der Waals surface area contributed by atoms with E-state index in [1.54, 1.807) is 24.3 Å². The van der Waals surface area contributed by atoms with Crippen molar-refractivity contribution in [3.8, 4) is 11.1 Å². The third kappa shape index (κ3) is 35.8. The number of hydrogen-bond acceptors (Lipinski definition) is 13. The zero-order valence-corrected chi connectivity index (χ0v) is 54.5. The Morgan fingerprint density at radius 2 is 1.20 bits per heavy atom. The van der Waals surface area contributed by atoms with Gasteiger partial charge >= 0.3 is 121 Å². The topological polar surface area (TPSA) is 277 Å². The molecule has 4 atom stereocenters. The number of hydrogen-bond donors (Lipinski definition) is 8. The smallest absolute Gasteiger partial charge is 0.305 e. The van der Waals surface area contributed by atoms with E-state index in [4.69, 9.17) is 35.5 Å². The normalized spacial score (nSPS) is 12.5. The van der Waals surface area contributed by atoms with Gasteiger partial charge in [-0.05, 0) is 60.0 Å². The summed E-state index contributed by atoms with van der Waals surface area (Å²) in [4.78, 5) is 63.6. The van der Waals surface area contributed by atoms with Gasteiger partial charge in [-0.2, -0.15) is 0 Å². The van der Waals surface area contributed by atoms with Crippen LogP contribution in [0.3, 0.4) is 0 Å². The number of fused-ring (bicyclic) bond motifs is 3. The second-order valence-electron chi connectivity index (χ2n) is 16.2. The number of aliphatic hydroxyl groups is 1. The van der Waals surface area contributed by atoms with Crippen LogP contribution in [0.1, 0.15) is 75.0 Å². The fraction of sp³-hybridized carbons (Fsp3) is 0.549. The number of alkyl halides is 2. The van der Waals surface area contributed by atoms with Crippen LogP contribution in [-0.2, 0) is 49.3 Å². The van der Waals surface area contributed by atoms with Crippen molar-refractivity contribution in [3.05, 3.63) is 95.6 Å². The van der Waals surface area contributed by atoms with Crippen LogP contribution in [0, 0.1) is 5.92 Å². The second-order valence-corrected chi connectivity index (χ2v) is 61.7. The molecule has 0 spiro atoms. The first-order valence-corrected chi connectivity index (χ1v) is 50.1. The van der Waals surface area contributed by atoms with Crippen LogP contribution < -0.4 is 33.2 Å². The number of aliphatic carboxylic acids is 1. The minimum absolute atomic E-state index is 0.0181. The quantitative estimate of drug-likeness (QED) is 0.00997. The van der Waals surface area contributed by atoms with Crippen molar-refractivity contribution >= 4 is 110 Å². The molecule has 3 amide bonds. The van der Waals surface area contributed by atoms with Crippen molar-refractivity contribution in [3.63, 3.8) is 0 Å². The van der Waals surface area contributed by atoms with Crippen LogP contribution in [-0.4, -0.2) is 148 Å². The Morgan fingerprint density at radius 3 is 1.66 bits per heavy atom. The number of carboxylic acid groups (broad SMARTS) is 1. The van der Waals surface area contributed by atoms with Crippen molar-refractivity contribution in [1.29, 1.82) is 0 Å². The molecule has 0 saturated carbocycles. The fourth-order valence-electron chi connectivity index (χ4n) is 6.40. The van der Waals surface area contributed by atoms with E-state index in [1.807, 2.05) is 44.2 Å². The summed E-state index contributed by atoms with van der Waals surface area (Å²) in [6, 6.07) is 24.0. The molecule has 17 nitrogen and oxygen atoms in total. The largest absolute Gasteiger partial charge is 0.465 e. The standard InChI is InChI=1S/C28H46N4O8.C18H18O3.C2H8I2NP.C2H7I2P.CH5N/c1-21(2)26(29)27(35)31-13-7-15-39-17-19-40-18-16-38-14-6-12-30-24(33)10-11-25(34)32-23(28(36)37)20-22-8-4-3-5-9-22;19-11-5-10-18(20)21-12-17-15-8-3-1-6-13(15)14-7-2-4-9-16(14)17;1-4(3)6-2-5;1-4(3)5-2;1-2/h3-5,8-9,21,23,26H,6-7,10-20,29H2,1-2H3,(H,30,33)(H,31,35)(H,32,34)(H,36,37);1-4,6-9,17,19H,5,10-12H2;6H,2,5H2,1H3;5H,1-2H3;2H2,1H3. The molecule has 1 aliphatic carbocycles. The third-order valence-corrected chi connectivity index (χ3v) is 34.2. The van der Waals surface area contributed by atoms with E-state index in [2.05, 4.69) is 99.7 Å². The van der Waals surface area contributed by atoms with Gasteiger partial charge in [-0.1, -0.05) is 92.7 Å². The number of nitrogens with two attached hydrogens (primary N) is 3. The molecule has 4 rings (SSSR count). The molecule has 3 aromatic rings. The number of carbonyl (C=O) groups excluding carboxylic acids is 4. The SMILES string of the molecule is CC(C)C(N)C(=O)NCCCOCCOCCOCCCNC(=O)CCC(=O)NC(Cc1ccccc1)C(=O)O.CI(I)PCN.CN.CPI(C)I.O=C(CCCO)OCC1c2ccccc2-c2ccccc21. The third-order valence-electron chi connectivity index (χ3n) is 10.2. The van der Waals surface area contributed by atoms with Crippen molar-refractivity contribution in [2.24, 2.45) is 23.1 Å². The van der Waals surface area contributed by atoms with E-state index >= 15 is 0 Å². The average molecular weight is 1530 g/mol. The summed E-state index contributed by atoms with van der Waals surface area (Å²) in [7, 11) is 1.50. The molecule has 0 heterocycles. The molecule has 3 aromatic carbocycles. The molecule has 422 valence electrons. The van der Waals surface area contributed by atoms with Gasteiger partial charge in [0.05, 0.1) is 32.5 Å². The van der Waals surface area contributed by atoms with Gasteiger partial charge in [0, 0.05) is 64.5 Å². The number of carboxylic acids is 1. The summed E-state index contributed by atoms with van der Waals surface area (Å²) in [6.07, 6.45) is 5.36. The van der Waals surface area contributed by atoms with Crippen molar-refractivity contribution in [2.45, 2.75) is 76.8 Å². The van der Waals surface area contributed by atoms with E-state index in [0.29, 0.717) is 78.6 Å². The molecule has 0 saturated heterocycles. The molecular formula is C51H84I4N6O11P2. The van der Waals surface area contributed by atoms with Crippen molar-refractivity contribution in [2.75, 3.05) is 95.8 Å². The molecule has 23 heteroatoms. The number of nitrogens with one attached hydrogen (secondary N) is 3. The molecule has 11 N–H and O–H groups in total. The molecule has 0 aromatic heterocycles. The molecule has 0 bridgehead atoms. The number of carbonyl (C=O) groups is 5. The summed E-state index contributed by atoms with van der Waals surface area (Å²) in [5, 5.41) is 26.1. The zero-order chi connectivity index (χ0) is 55.5. The minimum Gasteiger partial charge on any atom is -0.465 e. The summed E-state index contributed by atoms with van der Waals surface area (Å²) >= 11 is 4.39. The van der Waals surface area contributed by atoms with Gasteiger partial charge in [0.25, 0.3) is 0 Å². The zero-order valence-electron chi connectivity index (χ0n) is 43.9. The second kappa shape index (κ2) is 47.5. The van der Waals surface area contributed by atoms with Gasteiger partial charge in [-0.3, -0.25) is 19.2 Å². The summed E-state index contributed by atoms with van der Waals surface area (Å²) in [5.41, 5.74) is 21.2. The van der Waals surface area contributed by atoms with Gasteiger partial charge in [0.1, 0.15) is 12.6 Å². The fourth-order valence-corrected chi connectivity index (χ4v) is 11.8. The van der Waals surface area contributed by atoms with E-state index in [9.17, 15) is 29.1 Å². The van der Waals surface area contributed by atoms with Crippen LogP contribution in [0.25, 0.3) is 11.1 Å². The van der Waals surface area contributed by atoms with Crippen LogP contribution in [0.4, 0.5) is 0 Å². The van der Waals surface area contributed by atoms with Gasteiger partial charge in [-0.25, -0.2) is 4.79 Å². The Balaban J connectivity index is 0.00000128. The monoisotopic (exact) mass is 1530 g/mol. The molecule has 0 aliphatic heterocycles. The van der Waals surface area contributed by atoms with E-state index in [1.165, 1.54) is 35.5 Å². The Bertz CT molecular complexity index is 1920. The first-order valence-electron chi connectivity index (χ1n) is 24.3. The Hall–Kier alpha value is -1.49. The van der Waals surface area contributed by atoms with Gasteiger partial charge in [0.15, 0.2) is 0 Å². The van der Waals surface area contributed by atoms with Crippen LogP contribution in [0.15, 0.2) is 78.9 Å². The predicted octanol–water partition coefficient (Wildman–Crippen LogP) is 7.99. The Morgan fingerprint density at radius 1 is 0.716 bits per heavy atom. The summed E-state index contributed by atoms with van der Waals surface area (Å²) in [6.45, 7) is 10.1. The van der Waals surface area contributed by atoms with Gasteiger partial charge in [-0.15, -0.1) is 0 Å². The molecule has 0 radical (unpaired) electrons. The number of halogens is 4. The predicted molar refractivity (Wildman–Crippen MR) is 340 cm³/mol. The van der Waals surface area contributed by atoms with Crippen molar-refractivity contribution in [1.82, 2.24) is 16.0 Å². The number of esters is 1. The van der Waals surface area contributed by atoms with Crippen molar-refractivity contribution < 1.29 is 53.1 Å². The Labute approximate surface area is 476 Å². The van der Waals surface area contributed by atoms with E-state index in [0.717, 1.165) is 18.1 Å². The summed E-state index contributed by atoms with van der Waals surface area (Å²) in [5.74, 6) is -2.07. The van der Waals surface area contributed by atoms with Crippen LogP contribution >= 0.6 is 80.3 Å². The maximum absolute atomic E-state index is 12.1. The Kier molecular flexibility index (Phi) is 46.5. The number of amides is 3. The number of benzene rings is 3. The molecule has 0 fully saturated rings. The first kappa shape index (κ1) is 72.5. The number of rotatable bonds is 31. The van der Waals surface area contributed by atoms with Crippen LogP contribution in [0.5, 0.6) is 0 Å². The molecular weight excluding hydrogens is 1440 g/mol. The van der Waals surface area contributed by atoms with E-state index < -0.39 is 39.3 Å². The average Bonchev–Trinajstić information content (AvgIpc) is 3.71.